The van der Waals surface area contributed by atoms with Crippen LogP contribution in [0.5, 0.6) is 0 Å². The van der Waals surface area contributed by atoms with Crippen LogP contribution in [0, 0.1) is 0 Å². The zero-order chi connectivity index (χ0) is 13.2. The summed E-state index contributed by atoms with van der Waals surface area (Å²) in [6.45, 7) is 1.59. The molecule has 7 nitrogen and oxygen atoms in total. The molecule has 1 aromatic heterocycles. The molecule has 9 heteroatoms. The number of thiophene rings is 1. The van der Waals surface area contributed by atoms with Gasteiger partial charge in [-0.1, -0.05) is 0 Å². The molecule has 0 saturated carbocycles. The summed E-state index contributed by atoms with van der Waals surface area (Å²) in [7, 11) is -4.16. The lowest BCUT2D eigenvalue weighted by Crippen LogP contribution is -2.15. The lowest BCUT2D eigenvalue weighted by Gasteiger charge is -2.00. The Morgan fingerprint density at radius 1 is 1.53 bits per heavy atom. The zero-order valence-corrected chi connectivity index (χ0v) is 10.3. The Hall–Kier alpha value is -1.45. The molecule has 1 aromatic rings. The second-order valence-corrected chi connectivity index (χ2v) is 5.46. The number of hydrogen-bond acceptors (Lipinski definition) is 6. The molecule has 0 bridgehead atoms. The summed E-state index contributed by atoms with van der Waals surface area (Å²) < 4.78 is 27.0. The number of carbonyl (C=O) groups excluding carboxylic acids is 1. The van der Waals surface area contributed by atoms with E-state index < -0.39 is 26.9 Å². The van der Waals surface area contributed by atoms with Crippen LogP contribution in [-0.2, 0) is 14.8 Å². The first-order valence-corrected chi connectivity index (χ1v) is 6.70. The Bertz CT molecular complexity index is 559. The molecule has 0 aromatic carbocycles. The van der Waals surface area contributed by atoms with Gasteiger partial charge in [-0.05, 0) is 13.0 Å². The number of rotatable bonds is 4. The van der Waals surface area contributed by atoms with Crippen molar-refractivity contribution in [1.82, 2.24) is 0 Å². The van der Waals surface area contributed by atoms with Gasteiger partial charge >= 0.3 is 11.9 Å². The van der Waals surface area contributed by atoms with E-state index in [1.807, 2.05) is 0 Å². The minimum absolute atomic E-state index is 0.0448. The van der Waals surface area contributed by atoms with E-state index in [9.17, 15) is 18.0 Å². The largest absolute Gasteiger partial charge is 0.477 e. The number of nitrogens with two attached hydrogens (primary N) is 1. The highest BCUT2D eigenvalue weighted by atomic mass is 32.2. The monoisotopic (exact) mass is 279 g/mol. The first-order valence-electron chi connectivity index (χ1n) is 4.34. The predicted octanol–water partition coefficient (Wildman–Crippen LogP) is 0.270. The average molecular weight is 279 g/mol. The van der Waals surface area contributed by atoms with Gasteiger partial charge in [0.05, 0.1) is 6.61 Å². The molecular formula is C8H9NO6S2. The van der Waals surface area contributed by atoms with Crippen LogP contribution in [0.2, 0.25) is 0 Å². The lowest BCUT2D eigenvalue weighted by atomic mass is 10.4. The molecule has 0 amide bonds. The van der Waals surface area contributed by atoms with Crippen molar-refractivity contribution in [2.24, 2.45) is 5.14 Å². The van der Waals surface area contributed by atoms with E-state index in [0.29, 0.717) is 11.3 Å². The molecule has 3 N–H and O–H groups in total. The maximum absolute atomic E-state index is 11.4. The highest BCUT2D eigenvalue weighted by Gasteiger charge is 2.26. The number of aromatic carboxylic acids is 1. The van der Waals surface area contributed by atoms with Gasteiger partial charge in [-0.2, -0.15) is 0 Å². The smallest absolute Gasteiger partial charge is 0.349 e. The summed E-state index contributed by atoms with van der Waals surface area (Å²) in [5.74, 6) is -2.25. The molecule has 0 fully saturated rings. The van der Waals surface area contributed by atoms with Crippen LogP contribution in [0.3, 0.4) is 0 Å². The fraction of sp³-hybridized carbons (Fsp3) is 0.250. The second kappa shape index (κ2) is 4.82. The Labute approximate surface area is 101 Å². The molecule has 0 saturated heterocycles. The van der Waals surface area contributed by atoms with E-state index in [1.165, 1.54) is 0 Å². The van der Waals surface area contributed by atoms with E-state index in [4.69, 9.17) is 10.2 Å². The van der Waals surface area contributed by atoms with Crippen molar-refractivity contribution in [3.05, 3.63) is 15.8 Å². The molecule has 0 spiro atoms. The number of sulfonamides is 1. The number of primary sulfonamides is 1. The number of carbonyl (C=O) groups is 2. The quantitative estimate of drug-likeness (QED) is 0.762. The van der Waals surface area contributed by atoms with Crippen molar-refractivity contribution in [3.63, 3.8) is 0 Å². The molecule has 0 radical (unpaired) electrons. The third kappa shape index (κ3) is 3.02. The number of carboxylic acids is 1. The first-order chi connectivity index (χ1) is 7.77. The molecule has 1 heterocycles. The fourth-order valence-corrected chi connectivity index (χ4v) is 2.99. The van der Waals surface area contributed by atoms with Crippen molar-refractivity contribution in [2.75, 3.05) is 6.61 Å². The molecule has 0 aliphatic rings. The molecule has 1 rings (SSSR count). The summed E-state index contributed by atoms with van der Waals surface area (Å²) in [4.78, 5) is 21.0. The van der Waals surface area contributed by atoms with Crippen LogP contribution in [-0.4, -0.2) is 32.1 Å². The summed E-state index contributed by atoms with van der Waals surface area (Å²) in [5, 5.41) is 13.6. The van der Waals surface area contributed by atoms with Gasteiger partial charge < -0.3 is 9.84 Å². The van der Waals surface area contributed by atoms with Crippen LogP contribution >= 0.6 is 11.3 Å². The van der Waals surface area contributed by atoms with E-state index >= 15 is 0 Å². The number of carboxylic acid groups (broad SMARTS) is 1. The average Bonchev–Trinajstić information content (AvgIpc) is 2.61. The topological polar surface area (TPSA) is 124 Å². The van der Waals surface area contributed by atoms with Crippen molar-refractivity contribution < 1.29 is 27.9 Å². The molecule has 94 valence electrons. The van der Waals surface area contributed by atoms with E-state index in [2.05, 4.69) is 4.74 Å². The Morgan fingerprint density at radius 2 is 2.12 bits per heavy atom. The van der Waals surface area contributed by atoms with Crippen LogP contribution in [0.1, 0.15) is 26.3 Å². The van der Waals surface area contributed by atoms with Gasteiger partial charge in [0.15, 0.2) is 0 Å². The maximum Gasteiger partial charge on any atom is 0.349 e. The number of ether oxygens (including phenoxy) is 1. The van der Waals surface area contributed by atoms with Gasteiger partial charge in [-0.15, -0.1) is 11.3 Å². The van der Waals surface area contributed by atoms with Gasteiger partial charge in [0.2, 0.25) is 10.0 Å². The Balaban J connectivity index is 3.37. The highest BCUT2D eigenvalue weighted by molar-refractivity contribution is 7.89. The zero-order valence-electron chi connectivity index (χ0n) is 8.67. The van der Waals surface area contributed by atoms with Gasteiger partial charge in [-0.25, -0.2) is 23.1 Å². The van der Waals surface area contributed by atoms with Gasteiger partial charge in [0.1, 0.15) is 14.6 Å². The Morgan fingerprint density at radius 3 is 2.53 bits per heavy atom. The van der Waals surface area contributed by atoms with Crippen molar-refractivity contribution in [3.8, 4) is 0 Å². The highest BCUT2D eigenvalue weighted by Crippen LogP contribution is 2.26. The molecule has 0 aliphatic carbocycles. The predicted molar refractivity (Wildman–Crippen MR) is 58.6 cm³/mol. The van der Waals surface area contributed by atoms with Crippen LogP contribution in [0.25, 0.3) is 0 Å². The molecule has 0 atom stereocenters. The third-order valence-corrected chi connectivity index (χ3v) is 3.84. The molecule has 17 heavy (non-hydrogen) atoms. The normalized spacial score (nSPS) is 11.2. The lowest BCUT2D eigenvalue weighted by molar-refractivity contribution is 0.0527. The van der Waals surface area contributed by atoms with Crippen LogP contribution in [0.4, 0.5) is 0 Å². The van der Waals surface area contributed by atoms with Gasteiger partial charge in [0, 0.05) is 0 Å². The summed E-state index contributed by atoms with van der Waals surface area (Å²) in [6, 6.07) is 0.842. The van der Waals surface area contributed by atoms with E-state index in [-0.39, 0.29) is 16.4 Å². The number of hydrogen-bond donors (Lipinski definition) is 2. The van der Waals surface area contributed by atoms with Crippen molar-refractivity contribution >= 4 is 33.3 Å². The molecule has 0 unspecified atom stereocenters. The maximum atomic E-state index is 11.4. The van der Waals surface area contributed by atoms with Crippen molar-refractivity contribution in [1.29, 1.82) is 0 Å². The second-order valence-electron chi connectivity index (χ2n) is 2.87. The van der Waals surface area contributed by atoms with Crippen LogP contribution in [0.15, 0.2) is 11.0 Å². The first kappa shape index (κ1) is 13.6. The fourth-order valence-electron chi connectivity index (χ4n) is 1.03. The summed E-state index contributed by atoms with van der Waals surface area (Å²) >= 11 is 0.509. The Kier molecular flexibility index (Phi) is 3.86. The van der Waals surface area contributed by atoms with E-state index in [0.717, 1.165) is 6.07 Å². The summed E-state index contributed by atoms with van der Waals surface area (Å²) in [5.41, 5.74) is 0. The van der Waals surface area contributed by atoms with E-state index in [1.54, 1.807) is 6.92 Å². The van der Waals surface area contributed by atoms with Crippen molar-refractivity contribution in [2.45, 2.75) is 11.8 Å². The van der Waals surface area contributed by atoms with Gasteiger partial charge in [-0.3, -0.25) is 0 Å². The third-order valence-electron chi connectivity index (χ3n) is 1.68. The summed E-state index contributed by atoms with van der Waals surface area (Å²) in [6.07, 6.45) is 0. The molecular weight excluding hydrogens is 270 g/mol. The standard InChI is InChI=1S/C8H9NO6S2/c1-2-15-8(12)6-5(17(9,13)14)3-4(16-6)7(10)11/h3H,2H2,1H3,(H,10,11)(H2,9,13,14). The minimum atomic E-state index is -4.16. The SMILES string of the molecule is CCOC(=O)c1sc(C(=O)O)cc1S(N)(=O)=O. The molecule has 0 aliphatic heterocycles. The number of esters is 1. The van der Waals surface area contributed by atoms with Gasteiger partial charge in [0.25, 0.3) is 0 Å². The van der Waals surface area contributed by atoms with Crippen LogP contribution < -0.4 is 5.14 Å². The minimum Gasteiger partial charge on any atom is -0.477 e.